The van der Waals surface area contributed by atoms with Crippen LogP contribution in [0.2, 0.25) is 0 Å². The number of hydrogen-bond acceptors (Lipinski definition) is 1. The zero-order chi connectivity index (χ0) is 7.68. The van der Waals surface area contributed by atoms with E-state index in [2.05, 4.69) is 0 Å². The quantitative estimate of drug-likeness (QED) is 0.588. The van der Waals surface area contributed by atoms with Crippen LogP contribution in [0.1, 0.15) is 5.56 Å². The van der Waals surface area contributed by atoms with Gasteiger partial charge in [-0.1, -0.05) is 12.1 Å². The third-order valence-corrected chi connectivity index (χ3v) is 1.75. The Kier molecular flexibility index (Phi) is 1.62. The van der Waals surface area contributed by atoms with E-state index in [1.165, 1.54) is 6.07 Å². The second-order valence-electron chi connectivity index (χ2n) is 2.79. The fraction of sp³-hybridized carbons (Fsp3) is 0.333. The fourth-order valence-electron chi connectivity index (χ4n) is 1.11. The van der Waals surface area contributed by atoms with Gasteiger partial charge in [-0.3, -0.25) is 0 Å². The van der Waals surface area contributed by atoms with Gasteiger partial charge in [0.1, 0.15) is 5.82 Å². The molecule has 1 aliphatic heterocycles. The summed E-state index contributed by atoms with van der Waals surface area (Å²) in [6.45, 7) is 0.830. The summed E-state index contributed by atoms with van der Waals surface area (Å²) in [5.74, 6) is -0.164. The Balaban J connectivity index is 2.10. The van der Waals surface area contributed by atoms with Gasteiger partial charge in [0.25, 0.3) is 0 Å². The summed E-state index contributed by atoms with van der Waals surface area (Å²) in [7, 11) is 0. The largest absolute Gasteiger partial charge is 0.373 e. The summed E-state index contributed by atoms with van der Waals surface area (Å²) in [5, 5.41) is 0. The van der Waals surface area contributed by atoms with Crippen LogP contribution < -0.4 is 0 Å². The monoisotopic (exact) mass is 152 g/mol. The highest BCUT2D eigenvalue weighted by molar-refractivity contribution is 5.17. The summed E-state index contributed by atoms with van der Waals surface area (Å²) in [6, 6.07) is 6.66. The molecule has 0 bridgehead atoms. The zero-order valence-electron chi connectivity index (χ0n) is 6.09. The third-order valence-electron chi connectivity index (χ3n) is 1.75. The van der Waals surface area contributed by atoms with Gasteiger partial charge in [-0.2, -0.15) is 0 Å². The molecule has 1 heterocycles. The van der Waals surface area contributed by atoms with E-state index in [4.69, 9.17) is 4.74 Å². The molecule has 11 heavy (non-hydrogen) atoms. The molecule has 2 heteroatoms. The van der Waals surface area contributed by atoms with Crippen molar-refractivity contribution in [2.24, 2.45) is 0 Å². The molecule has 1 aromatic rings. The Morgan fingerprint density at radius 3 is 3.00 bits per heavy atom. The molecule has 0 saturated carbocycles. The summed E-state index contributed by atoms with van der Waals surface area (Å²) < 4.78 is 17.6. The maximum absolute atomic E-state index is 12.6. The first-order valence-corrected chi connectivity index (χ1v) is 3.70. The molecule has 1 unspecified atom stereocenters. The van der Waals surface area contributed by atoms with Gasteiger partial charge in [-0.05, 0) is 17.7 Å². The molecule has 58 valence electrons. The molecule has 0 aromatic heterocycles. The lowest BCUT2D eigenvalue weighted by molar-refractivity contribution is 0.407. The SMILES string of the molecule is Fc1cccc(CC2CO2)c1. The fourth-order valence-corrected chi connectivity index (χ4v) is 1.11. The van der Waals surface area contributed by atoms with Crippen LogP contribution in [0.25, 0.3) is 0 Å². The number of benzene rings is 1. The Morgan fingerprint density at radius 1 is 1.55 bits per heavy atom. The predicted octanol–water partition coefficient (Wildman–Crippen LogP) is 1.77. The highest BCUT2D eigenvalue weighted by Crippen LogP contribution is 2.16. The molecule has 1 fully saturated rings. The van der Waals surface area contributed by atoms with Gasteiger partial charge < -0.3 is 4.74 Å². The van der Waals surface area contributed by atoms with Gasteiger partial charge in [0.2, 0.25) is 0 Å². The van der Waals surface area contributed by atoms with Gasteiger partial charge in [0, 0.05) is 6.42 Å². The highest BCUT2D eigenvalue weighted by Gasteiger charge is 2.22. The average molecular weight is 152 g/mol. The van der Waals surface area contributed by atoms with Crippen LogP contribution in [-0.4, -0.2) is 12.7 Å². The van der Waals surface area contributed by atoms with Gasteiger partial charge in [-0.25, -0.2) is 4.39 Å². The number of epoxide rings is 1. The molecule has 0 radical (unpaired) electrons. The topological polar surface area (TPSA) is 12.5 Å². The first-order chi connectivity index (χ1) is 5.34. The van der Waals surface area contributed by atoms with Gasteiger partial charge in [0.15, 0.2) is 0 Å². The van der Waals surface area contributed by atoms with E-state index >= 15 is 0 Å². The van der Waals surface area contributed by atoms with Crippen LogP contribution >= 0.6 is 0 Å². The number of ether oxygens (including phenoxy) is 1. The third kappa shape index (κ3) is 1.77. The van der Waals surface area contributed by atoms with Crippen molar-refractivity contribution in [2.45, 2.75) is 12.5 Å². The summed E-state index contributed by atoms with van der Waals surface area (Å²) >= 11 is 0. The maximum atomic E-state index is 12.6. The smallest absolute Gasteiger partial charge is 0.123 e. The lowest BCUT2D eigenvalue weighted by atomic mass is 10.1. The van der Waals surface area contributed by atoms with E-state index in [9.17, 15) is 4.39 Å². The normalized spacial score (nSPS) is 21.7. The van der Waals surface area contributed by atoms with Crippen LogP contribution in [0.3, 0.4) is 0 Å². The van der Waals surface area contributed by atoms with Crippen molar-refractivity contribution >= 4 is 0 Å². The molecule has 0 amide bonds. The van der Waals surface area contributed by atoms with Gasteiger partial charge in [0.05, 0.1) is 12.7 Å². The van der Waals surface area contributed by atoms with Crippen molar-refractivity contribution in [3.8, 4) is 0 Å². The van der Waals surface area contributed by atoms with E-state index in [0.717, 1.165) is 18.6 Å². The zero-order valence-corrected chi connectivity index (χ0v) is 6.09. The Labute approximate surface area is 64.8 Å². The Morgan fingerprint density at radius 2 is 2.36 bits per heavy atom. The minimum atomic E-state index is -0.164. The molecule has 0 N–H and O–H groups in total. The van der Waals surface area contributed by atoms with Crippen molar-refractivity contribution in [2.75, 3.05) is 6.61 Å². The van der Waals surface area contributed by atoms with Crippen molar-refractivity contribution in [1.29, 1.82) is 0 Å². The van der Waals surface area contributed by atoms with Gasteiger partial charge >= 0.3 is 0 Å². The summed E-state index contributed by atoms with van der Waals surface area (Å²) in [4.78, 5) is 0. The van der Waals surface area contributed by atoms with E-state index in [1.807, 2.05) is 6.07 Å². The van der Waals surface area contributed by atoms with E-state index in [1.54, 1.807) is 12.1 Å². The molecule has 0 aliphatic carbocycles. The van der Waals surface area contributed by atoms with E-state index in [0.29, 0.717) is 6.10 Å². The second kappa shape index (κ2) is 2.62. The molecule has 0 spiro atoms. The minimum Gasteiger partial charge on any atom is -0.373 e. The van der Waals surface area contributed by atoms with Crippen molar-refractivity contribution in [1.82, 2.24) is 0 Å². The lowest BCUT2D eigenvalue weighted by Crippen LogP contribution is -1.92. The first-order valence-electron chi connectivity index (χ1n) is 3.70. The van der Waals surface area contributed by atoms with E-state index in [-0.39, 0.29) is 5.82 Å². The van der Waals surface area contributed by atoms with Crippen molar-refractivity contribution in [3.63, 3.8) is 0 Å². The number of halogens is 1. The molecular weight excluding hydrogens is 143 g/mol. The predicted molar refractivity (Wildman–Crippen MR) is 39.8 cm³/mol. The summed E-state index contributed by atoms with van der Waals surface area (Å²) in [5.41, 5.74) is 1.02. The molecule has 1 aromatic carbocycles. The Hall–Kier alpha value is -0.890. The summed E-state index contributed by atoms with van der Waals surface area (Å²) in [6.07, 6.45) is 1.19. The standard InChI is InChI=1S/C9H9FO/c10-8-3-1-2-7(4-8)5-9-6-11-9/h1-4,9H,5-6H2. The minimum absolute atomic E-state index is 0.164. The molecule has 1 aliphatic rings. The van der Waals surface area contributed by atoms with Gasteiger partial charge in [-0.15, -0.1) is 0 Å². The second-order valence-corrected chi connectivity index (χ2v) is 2.79. The van der Waals surface area contributed by atoms with Crippen LogP contribution in [0.15, 0.2) is 24.3 Å². The lowest BCUT2D eigenvalue weighted by Gasteiger charge is -1.95. The van der Waals surface area contributed by atoms with Crippen molar-refractivity contribution < 1.29 is 9.13 Å². The van der Waals surface area contributed by atoms with Crippen LogP contribution in [0.5, 0.6) is 0 Å². The number of rotatable bonds is 2. The van der Waals surface area contributed by atoms with Crippen LogP contribution in [0.4, 0.5) is 4.39 Å². The molecule has 1 atom stereocenters. The molecule has 1 saturated heterocycles. The average Bonchev–Trinajstić information content (AvgIpc) is 2.71. The van der Waals surface area contributed by atoms with Crippen molar-refractivity contribution in [3.05, 3.63) is 35.6 Å². The van der Waals surface area contributed by atoms with Crippen LogP contribution in [-0.2, 0) is 11.2 Å². The molecule has 1 nitrogen and oxygen atoms in total. The molecular formula is C9H9FO. The highest BCUT2D eigenvalue weighted by atomic mass is 19.1. The molecule has 2 rings (SSSR count). The van der Waals surface area contributed by atoms with E-state index < -0.39 is 0 Å². The maximum Gasteiger partial charge on any atom is 0.123 e. The number of hydrogen-bond donors (Lipinski definition) is 0. The first kappa shape index (κ1) is 6.80. The van der Waals surface area contributed by atoms with Crippen LogP contribution in [0, 0.1) is 5.82 Å². The Bertz CT molecular complexity index is 255.